The van der Waals surface area contributed by atoms with E-state index in [0.717, 1.165) is 24.2 Å². The Morgan fingerprint density at radius 3 is 2.63 bits per heavy atom. The molecule has 0 aliphatic heterocycles. The zero-order valence-electron chi connectivity index (χ0n) is 11.3. The van der Waals surface area contributed by atoms with Crippen molar-refractivity contribution in [1.82, 2.24) is 0 Å². The zero-order chi connectivity index (χ0) is 13.7. The van der Waals surface area contributed by atoms with Crippen LogP contribution in [0.5, 0.6) is 5.75 Å². The third-order valence-electron chi connectivity index (χ3n) is 3.04. The summed E-state index contributed by atoms with van der Waals surface area (Å²) in [5.74, 6) is 6.44. The molecule has 1 aromatic carbocycles. The van der Waals surface area contributed by atoms with Crippen LogP contribution in [-0.2, 0) is 9.53 Å². The van der Waals surface area contributed by atoms with Crippen LogP contribution in [0.2, 0.25) is 0 Å². The molecular weight excluding hydrogens is 240 g/mol. The first kappa shape index (κ1) is 13.5. The highest BCUT2D eigenvalue weighted by Crippen LogP contribution is 2.32. The highest BCUT2D eigenvalue weighted by Gasteiger charge is 2.32. The van der Waals surface area contributed by atoms with Crippen LogP contribution in [0.25, 0.3) is 0 Å². The summed E-state index contributed by atoms with van der Waals surface area (Å²) in [6, 6.07) is 7.57. The highest BCUT2D eigenvalue weighted by atomic mass is 16.5. The summed E-state index contributed by atoms with van der Waals surface area (Å²) in [6.07, 6.45) is 1.73. The van der Waals surface area contributed by atoms with Gasteiger partial charge in [0.15, 0.2) is 0 Å². The van der Waals surface area contributed by atoms with E-state index < -0.39 is 0 Å². The number of hydrogen-bond donors (Lipinski definition) is 0. The van der Waals surface area contributed by atoms with Crippen molar-refractivity contribution < 1.29 is 14.3 Å². The summed E-state index contributed by atoms with van der Waals surface area (Å²) in [5.41, 5.74) is 0.975. The normalized spacial score (nSPS) is 15.1. The number of esters is 1. The van der Waals surface area contributed by atoms with Gasteiger partial charge in [0.1, 0.15) is 18.5 Å². The second-order valence-corrected chi connectivity index (χ2v) is 4.64. The number of carbonyl (C=O) groups excluding carboxylic acids is 1. The van der Waals surface area contributed by atoms with Crippen LogP contribution in [0, 0.1) is 17.8 Å². The Labute approximate surface area is 113 Å². The van der Waals surface area contributed by atoms with Crippen LogP contribution in [0.3, 0.4) is 0 Å². The molecule has 100 valence electrons. The third kappa shape index (κ3) is 4.03. The molecule has 0 amide bonds. The molecule has 1 aromatic rings. The smallest absolute Gasteiger partial charge is 0.309 e. The first-order valence-corrected chi connectivity index (χ1v) is 6.53. The molecule has 0 saturated heterocycles. The van der Waals surface area contributed by atoms with Gasteiger partial charge in [-0.15, -0.1) is 5.92 Å². The maximum absolute atomic E-state index is 11.6. The summed E-state index contributed by atoms with van der Waals surface area (Å²) in [5, 5.41) is 0. The Morgan fingerprint density at radius 2 is 2.05 bits per heavy atom. The van der Waals surface area contributed by atoms with Crippen LogP contribution in [0.1, 0.15) is 38.4 Å². The lowest BCUT2D eigenvalue weighted by Crippen LogP contribution is -2.10. The summed E-state index contributed by atoms with van der Waals surface area (Å²) >= 11 is 0. The molecule has 3 nitrogen and oxygen atoms in total. The lowest BCUT2D eigenvalue weighted by molar-refractivity contribution is -0.150. The minimum absolute atomic E-state index is 0.0777. The molecule has 1 fully saturated rings. The monoisotopic (exact) mass is 258 g/mol. The van der Waals surface area contributed by atoms with Gasteiger partial charge < -0.3 is 9.47 Å². The molecule has 1 aliphatic rings. The molecule has 1 unspecified atom stereocenters. The lowest BCUT2D eigenvalue weighted by atomic mass is 10.1. The fourth-order valence-corrected chi connectivity index (χ4v) is 1.68. The Bertz CT molecular complexity index is 489. The van der Waals surface area contributed by atoms with E-state index in [4.69, 9.17) is 9.47 Å². The number of rotatable bonds is 5. The second kappa shape index (κ2) is 6.29. The molecule has 0 bridgehead atoms. The fraction of sp³-hybridized carbons (Fsp3) is 0.438. The Hall–Kier alpha value is -1.95. The molecule has 0 spiro atoms. The van der Waals surface area contributed by atoms with Gasteiger partial charge in [-0.05, 0) is 44.4 Å². The molecule has 3 heteroatoms. The molecule has 1 atom stereocenters. The summed E-state index contributed by atoms with van der Waals surface area (Å²) in [4.78, 5) is 11.6. The van der Waals surface area contributed by atoms with Crippen molar-refractivity contribution in [1.29, 1.82) is 0 Å². The Morgan fingerprint density at radius 1 is 1.37 bits per heavy atom. The van der Waals surface area contributed by atoms with E-state index in [1.165, 1.54) is 0 Å². The number of carbonyl (C=O) groups is 1. The van der Waals surface area contributed by atoms with Crippen molar-refractivity contribution in [2.24, 2.45) is 5.92 Å². The molecule has 0 radical (unpaired) electrons. The molecule has 0 heterocycles. The molecular formula is C16H18O3. The van der Waals surface area contributed by atoms with E-state index in [1.807, 2.05) is 31.2 Å². The van der Waals surface area contributed by atoms with Gasteiger partial charge >= 0.3 is 5.97 Å². The maximum Gasteiger partial charge on any atom is 0.309 e. The minimum atomic E-state index is -0.211. The van der Waals surface area contributed by atoms with E-state index in [-0.39, 0.29) is 18.0 Å². The predicted octanol–water partition coefficient (Wildman–Crippen LogP) is 3.10. The van der Waals surface area contributed by atoms with Gasteiger partial charge in [-0.3, -0.25) is 4.79 Å². The summed E-state index contributed by atoms with van der Waals surface area (Å²) in [6.45, 7) is 4.06. The molecule has 1 aliphatic carbocycles. The van der Waals surface area contributed by atoms with Gasteiger partial charge in [0.25, 0.3) is 0 Å². The first-order valence-electron chi connectivity index (χ1n) is 6.53. The molecule has 0 aromatic heterocycles. The average molecular weight is 258 g/mol. The number of ether oxygens (including phenoxy) is 2. The zero-order valence-corrected chi connectivity index (χ0v) is 11.3. The molecule has 19 heavy (non-hydrogen) atoms. The van der Waals surface area contributed by atoms with Crippen LogP contribution >= 0.6 is 0 Å². The van der Waals surface area contributed by atoms with Gasteiger partial charge in [0, 0.05) is 0 Å². The molecule has 2 rings (SSSR count). The quantitative estimate of drug-likeness (QED) is 0.601. The number of hydrogen-bond acceptors (Lipinski definition) is 3. The van der Waals surface area contributed by atoms with E-state index in [0.29, 0.717) is 6.61 Å². The molecule has 0 N–H and O–H groups in total. The van der Waals surface area contributed by atoms with E-state index in [9.17, 15) is 4.79 Å². The third-order valence-corrected chi connectivity index (χ3v) is 3.04. The number of benzene rings is 1. The van der Waals surface area contributed by atoms with Crippen molar-refractivity contribution in [3.05, 3.63) is 29.8 Å². The maximum atomic E-state index is 11.6. The van der Waals surface area contributed by atoms with Crippen molar-refractivity contribution in [2.45, 2.75) is 32.8 Å². The van der Waals surface area contributed by atoms with Crippen LogP contribution < -0.4 is 4.74 Å². The van der Waals surface area contributed by atoms with Crippen molar-refractivity contribution in [3.63, 3.8) is 0 Å². The highest BCUT2D eigenvalue weighted by molar-refractivity contribution is 5.75. The van der Waals surface area contributed by atoms with Gasteiger partial charge in [-0.2, -0.15) is 0 Å². The largest absolute Gasteiger partial charge is 0.481 e. The van der Waals surface area contributed by atoms with Crippen LogP contribution in [-0.4, -0.2) is 12.6 Å². The van der Waals surface area contributed by atoms with E-state index >= 15 is 0 Å². The lowest BCUT2D eigenvalue weighted by Gasteiger charge is -2.13. The second-order valence-electron chi connectivity index (χ2n) is 4.64. The Balaban J connectivity index is 1.88. The van der Waals surface area contributed by atoms with Gasteiger partial charge in [-0.1, -0.05) is 18.1 Å². The fourth-order valence-electron chi connectivity index (χ4n) is 1.68. The van der Waals surface area contributed by atoms with Gasteiger partial charge in [0.05, 0.1) is 5.92 Å². The SMILES string of the molecule is CC#CCOc1ccc(C(C)OC(=O)C2CC2)cc1. The minimum Gasteiger partial charge on any atom is -0.481 e. The van der Waals surface area contributed by atoms with Gasteiger partial charge in [0.2, 0.25) is 0 Å². The molecule has 1 saturated carbocycles. The van der Waals surface area contributed by atoms with E-state index in [1.54, 1.807) is 6.92 Å². The average Bonchev–Trinajstić information content (AvgIpc) is 3.24. The predicted molar refractivity (Wildman–Crippen MR) is 72.6 cm³/mol. The van der Waals surface area contributed by atoms with Gasteiger partial charge in [-0.25, -0.2) is 0 Å². The van der Waals surface area contributed by atoms with E-state index in [2.05, 4.69) is 11.8 Å². The summed E-state index contributed by atoms with van der Waals surface area (Å²) < 4.78 is 10.8. The van der Waals surface area contributed by atoms with Crippen LogP contribution in [0.15, 0.2) is 24.3 Å². The summed E-state index contributed by atoms with van der Waals surface area (Å²) in [7, 11) is 0. The van der Waals surface area contributed by atoms with Crippen molar-refractivity contribution in [2.75, 3.05) is 6.61 Å². The van der Waals surface area contributed by atoms with Crippen molar-refractivity contribution in [3.8, 4) is 17.6 Å². The van der Waals surface area contributed by atoms with Crippen LogP contribution in [0.4, 0.5) is 0 Å². The Kier molecular flexibility index (Phi) is 4.46. The standard InChI is InChI=1S/C16H18O3/c1-3-4-11-18-15-9-7-13(8-10-15)12(2)19-16(17)14-5-6-14/h7-10,12,14H,5-6,11H2,1-2H3. The van der Waals surface area contributed by atoms with Crippen molar-refractivity contribution >= 4 is 5.97 Å². The topological polar surface area (TPSA) is 35.5 Å². The first-order chi connectivity index (χ1) is 9.20.